The van der Waals surface area contributed by atoms with Gasteiger partial charge in [-0.3, -0.25) is 9.36 Å². The first-order valence-electron chi connectivity index (χ1n) is 9.62. The molecule has 0 radical (unpaired) electrons. The van der Waals surface area contributed by atoms with Crippen molar-refractivity contribution in [3.8, 4) is 0 Å². The molecule has 9 heteroatoms. The normalized spacial score (nSPS) is 16.7. The van der Waals surface area contributed by atoms with E-state index in [1.807, 2.05) is 32.6 Å². The number of likely N-dealkylation sites (tertiary alicyclic amines) is 1. The summed E-state index contributed by atoms with van der Waals surface area (Å²) in [5, 5.41) is 8.77. The van der Waals surface area contributed by atoms with Gasteiger partial charge in [0.05, 0.1) is 12.5 Å². The minimum absolute atomic E-state index is 0.0712. The Morgan fingerprint density at radius 3 is 2.44 bits per heavy atom. The second-order valence-electron chi connectivity index (χ2n) is 7.40. The molecule has 1 aliphatic heterocycles. The molecule has 1 fully saturated rings. The van der Waals surface area contributed by atoms with Crippen molar-refractivity contribution in [1.29, 1.82) is 0 Å². The van der Waals surface area contributed by atoms with E-state index in [0.29, 0.717) is 26.2 Å². The van der Waals surface area contributed by atoms with Crippen LogP contribution in [-0.2, 0) is 24.9 Å². The summed E-state index contributed by atoms with van der Waals surface area (Å²) in [5.74, 6) is 2.63. The number of aryl methyl sites for hydroxylation is 3. The van der Waals surface area contributed by atoms with Crippen LogP contribution in [0.1, 0.15) is 50.1 Å². The van der Waals surface area contributed by atoms with Crippen molar-refractivity contribution in [1.82, 2.24) is 34.0 Å². The van der Waals surface area contributed by atoms with Crippen molar-refractivity contribution in [3.63, 3.8) is 0 Å². The summed E-state index contributed by atoms with van der Waals surface area (Å²) in [6.07, 6.45) is 1.66. The molecule has 3 rings (SSSR count). The van der Waals surface area contributed by atoms with Crippen LogP contribution in [0, 0.1) is 19.8 Å². The maximum Gasteiger partial charge on any atom is 0.345 e. The second-order valence-corrected chi connectivity index (χ2v) is 7.40. The monoisotopic (exact) mass is 375 g/mol. The Kier molecular flexibility index (Phi) is 5.48. The van der Waals surface area contributed by atoms with Gasteiger partial charge in [-0.25, -0.2) is 19.1 Å². The van der Waals surface area contributed by atoms with Crippen LogP contribution in [0.4, 0.5) is 0 Å². The molecule has 2 aromatic rings. The van der Waals surface area contributed by atoms with Gasteiger partial charge in [-0.1, -0.05) is 6.92 Å². The van der Waals surface area contributed by atoms with Crippen molar-refractivity contribution < 1.29 is 4.79 Å². The molecule has 1 saturated heterocycles. The zero-order chi connectivity index (χ0) is 19.7. The topological polar surface area (TPSA) is 90.8 Å². The number of amides is 1. The molecule has 0 N–H and O–H groups in total. The molecule has 1 aliphatic rings. The quantitative estimate of drug-likeness (QED) is 0.773. The largest absolute Gasteiger partial charge is 0.345 e. The van der Waals surface area contributed by atoms with E-state index in [4.69, 9.17) is 0 Å². The molecule has 0 aliphatic carbocycles. The van der Waals surface area contributed by atoms with E-state index in [1.54, 1.807) is 16.3 Å². The molecule has 0 spiro atoms. The smallest absolute Gasteiger partial charge is 0.342 e. The summed E-state index contributed by atoms with van der Waals surface area (Å²) in [6.45, 7) is 10.2. The van der Waals surface area contributed by atoms with Crippen molar-refractivity contribution in [2.75, 3.05) is 13.1 Å². The number of hydrogen-bond donors (Lipinski definition) is 0. The van der Waals surface area contributed by atoms with Crippen LogP contribution in [0.15, 0.2) is 4.79 Å². The van der Waals surface area contributed by atoms with Gasteiger partial charge in [-0.15, -0.1) is 0 Å². The number of aromatic nitrogens is 6. The highest BCUT2D eigenvalue weighted by Crippen LogP contribution is 2.27. The fraction of sp³-hybridized carbons (Fsp3) is 0.722. The molecule has 1 atom stereocenters. The minimum atomic E-state index is -0.148. The van der Waals surface area contributed by atoms with E-state index >= 15 is 0 Å². The summed E-state index contributed by atoms with van der Waals surface area (Å²) in [6, 6.07) is 0. The Hall–Kier alpha value is -2.45. The van der Waals surface area contributed by atoms with E-state index in [-0.39, 0.29) is 23.4 Å². The summed E-state index contributed by atoms with van der Waals surface area (Å²) in [7, 11) is 1.69. The third kappa shape index (κ3) is 3.81. The molecule has 9 nitrogen and oxygen atoms in total. The Morgan fingerprint density at radius 2 is 1.89 bits per heavy atom. The van der Waals surface area contributed by atoms with Crippen molar-refractivity contribution in [2.24, 2.45) is 13.0 Å². The summed E-state index contributed by atoms with van der Waals surface area (Å²) < 4.78 is 4.94. The van der Waals surface area contributed by atoms with Crippen LogP contribution in [0.3, 0.4) is 0 Å². The number of carbonyl (C=O) groups excluding carboxylic acids is 1. The van der Waals surface area contributed by atoms with E-state index < -0.39 is 0 Å². The van der Waals surface area contributed by atoms with Crippen LogP contribution in [0.5, 0.6) is 0 Å². The van der Waals surface area contributed by atoms with E-state index in [2.05, 4.69) is 15.2 Å². The number of rotatable bonds is 5. The van der Waals surface area contributed by atoms with Gasteiger partial charge in [0.2, 0.25) is 5.91 Å². The average molecular weight is 375 g/mol. The van der Waals surface area contributed by atoms with Gasteiger partial charge in [0.1, 0.15) is 17.5 Å². The van der Waals surface area contributed by atoms with E-state index in [9.17, 15) is 9.59 Å². The third-order valence-electron chi connectivity index (χ3n) is 5.36. The Labute approximate surface area is 159 Å². The summed E-state index contributed by atoms with van der Waals surface area (Å²) in [5.41, 5.74) is -0.0712. The lowest BCUT2D eigenvalue weighted by Crippen LogP contribution is -2.42. The van der Waals surface area contributed by atoms with E-state index in [0.717, 1.165) is 30.3 Å². The number of piperidine rings is 1. The molecule has 0 unspecified atom stereocenters. The third-order valence-corrected chi connectivity index (χ3v) is 5.36. The van der Waals surface area contributed by atoms with Gasteiger partial charge in [0.25, 0.3) is 0 Å². The van der Waals surface area contributed by atoms with Crippen LogP contribution in [-0.4, -0.2) is 53.0 Å². The highest BCUT2D eigenvalue weighted by molar-refractivity contribution is 5.78. The molecule has 2 aromatic heterocycles. The molecule has 0 bridgehead atoms. The maximum absolute atomic E-state index is 12.8. The number of nitrogens with zero attached hydrogens (tertiary/aromatic N) is 7. The first-order chi connectivity index (χ1) is 12.8. The molecule has 3 heterocycles. The SMILES string of the molecule is CCn1c(C2CCN(C(=O)[C@H](C)Cn3nc(C)nc3C)CC2)nn(C)c1=O. The van der Waals surface area contributed by atoms with Gasteiger partial charge in [-0.2, -0.15) is 10.2 Å². The van der Waals surface area contributed by atoms with Crippen molar-refractivity contribution >= 4 is 5.91 Å². The van der Waals surface area contributed by atoms with Gasteiger partial charge in [-0.05, 0) is 33.6 Å². The van der Waals surface area contributed by atoms with Crippen LogP contribution >= 0.6 is 0 Å². The van der Waals surface area contributed by atoms with Gasteiger partial charge >= 0.3 is 5.69 Å². The molecule has 0 aromatic carbocycles. The fourth-order valence-electron chi connectivity index (χ4n) is 3.86. The molecular weight excluding hydrogens is 346 g/mol. The first kappa shape index (κ1) is 19.3. The van der Waals surface area contributed by atoms with Crippen LogP contribution in [0.25, 0.3) is 0 Å². The Balaban J connectivity index is 1.61. The maximum atomic E-state index is 12.8. The first-order valence-corrected chi connectivity index (χ1v) is 9.62. The average Bonchev–Trinajstić information content (AvgIpc) is 3.12. The van der Waals surface area contributed by atoms with Crippen molar-refractivity contribution in [3.05, 3.63) is 28.0 Å². The zero-order valence-electron chi connectivity index (χ0n) is 16.8. The molecule has 1 amide bonds. The fourth-order valence-corrected chi connectivity index (χ4v) is 3.86. The standard InChI is InChI=1S/C18H29N7O2/c1-6-24-16(21-22(5)18(24)27)15-7-9-23(10-8-15)17(26)12(2)11-25-14(4)19-13(3)20-25/h12,15H,6-11H2,1-5H3/t12-/m1/s1. The molecule has 0 saturated carbocycles. The second kappa shape index (κ2) is 7.66. The Morgan fingerprint density at radius 1 is 1.22 bits per heavy atom. The summed E-state index contributed by atoms with van der Waals surface area (Å²) in [4.78, 5) is 31.2. The predicted octanol–water partition coefficient (Wildman–Crippen LogP) is 0.852. The Bertz CT molecular complexity index is 871. The lowest BCUT2D eigenvalue weighted by Gasteiger charge is -2.33. The van der Waals surface area contributed by atoms with Crippen LogP contribution < -0.4 is 5.69 Å². The van der Waals surface area contributed by atoms with Gasteiger partial charge in [0.15, 0.2) is 0 Å². The predicted molar refractivity (Wildman–Crippen MR) is 100 cm³/mol. The number of hydrogen-bond acceptors (Lipinski definition) is 5. The number of carbonyl (C=O) groups is 1. The zero-order valence-corrected chi connectivity index (χ0v) is 16.8. The van der Waals surface area contributed by atoms with E-state index in [1.165, 1.54) is 4.68 Å². The van der Waals surface area contributed by atoms with Crippen LogP contribution in [0.2, 0.25) is 0 Å². The highest BCUT2D eigenvalue weighted by Gasteiger charge is 2.30. The lowest BCUT2D eigenvalue weighted by molar-refractivity contribution is -0.136. The molecule has 148 valence electrons. The molecule has 27 heavy (non-hydrogen) atoms. The van der Waals surface area contributed by atoms with Crippen molar-refractivity contribution in [2.45, 2.75) is 59.5 Å². The molecular formula is C18H29N7O2. The van der Waals surface area contributed by atoms with Gasteiger partial charge < -0.3 is 4.90 Å². The van der Waals surface area contributed by atoms with Gasteiger partial charge in [0, 0.05) is 32.6 Å². The lowest BCUT2D eigenvalue weighted by atomic mass is 9.95. The highest BCUT2D eigenvalue weighted by atomic mass is 16.2. The summed E-state index contributed by atoms with van der Waals surface area (Å²) >= 11 is 0. The minimum Gasteiger partial charge on any atom is -0.342 e.